The van der Waals surface area contributed by atoms with Gasteiger partial charge in [-0.25, -0.2) is 0 Å². The first-order valence-electron chi connectivity index (χ1n) is 4.27. The minimum absolute atomic E-state index is 0.0145. The first kappa shape index (κ1) is 9.72. The number of rotatable bonds is 2. The predicted molar refractivity (Wildman–Crippen MR) is 59.5 cm³/mol. The van der Waals surface area contributed by atoms with E-state index in [0.29, 0.717) is 0 Å². The van der Waals surface area contributed by atoms with Crippen molar-refractivity contribution in [3.63, 3.8) is 0 Å². The highest BCUT2D eigenvalue weighted by Crippen LogP contribution is 2.15. The van der Waals surface area contributed by atoms with Crippen LogP contribution >= 0.6 is 11.3 Å². The Morgan fingerprint density at radius 3 is 3.00 bits per heavy atom. The number of nitrogens with zero attached hydrogens (tertiary/aromatic N) is 2. The molecule has 1 heterocycles. The van der Waals surface area contributed by atoms with Crippen molar-refractivity contribution < 1.29 is 5.21 Å². The van der Waals surface area contributed by atoms with Gasteiger partial charge in [0.1, 0.15) is 0 Å². The molecule has 5 nitrogen and oxygen atoms in total. The second kappa shape index (κ2) is 3.74. The summed E-state index contributed by atoms with van der Waals surface area (Å²) in [5.41, 5.74) is 6.17. The third-order valence-electron chi connectivity index (χ3n) is 2.02. The number of para-hydroxylation sites is 1. The number of hydrogen-bond acceptors (Lipinski definition) is 4. The van der Waals surface area contributed by atoms with Gasteiger partial charge in [0, 0.05) is 0 Å². The fourth-order valence-electron chi connectivity index (χ4n) is 1.36. The average Bonchev–Trinajstić information content (AvgIpc) is 2.55. The summed E-state index contributed by atoms with van der Waals surface area (Å²) in [5.74, 6) is 0.0145. The van der Waals surface area contributed by atoms with Crippen LogP contribution in [0.2, 0.25) is 0 Å². The lowest BCUT2D eigenvalue weighted by atomic mass is 10.3. The van der Waals surface area contributed by atoms with Gasteiger partial charge in [-0.15, -0.1) is 0 Å². The van der Waals surface area contributed by atoms with Crippen molar-refractivity contribution in [2.45, 2.75) is 6.54 Å². The molecule has 15 heavy (non-hydrogen) atoms. The van der Waals surface area contributed by atoms with E-state index in [1.807, 2.05) is 24.3 Å². The predicted octanol–water partition coefficient (Wildman–Crippen LogP) is 0.809. The van der Waals surface area contributed by atoms with Gasteiger partial charge in [-0.1, -0.05) is 28.6 Å². The van der Waals surface area contributed by atoms with Crippen molar-refractivity contribution >= 4 is 27.4 Å². The number of nitrogens with two attached hydrogens (primary N) is 1. The van der Waals surface area contributed by atoms with E-state index < -0.39 is 0 Å². The van der Waals surface area contributed by atoms with Crippen LogP contribution in [0.25, 0.3) is 10.2 Å². The van der Waals surface area contributed by atoms with Crippen LogP contribution in [0.4, 0.5) is 0 Å². The quantitative estimate of drug-likeness (QED) is 0.342. The van der Waals surface area contributed by atoms with Crippen molar-refractivity contribution in [3.8, 4) is 0 Å². The summed E-state index contributed by atoms with van der Waals surface area (Å²) in [5, 5.41) is 11.3. The number of aromatic nitrogens is 1. The Balaban J connectivity index is 2.59. The van der Waals surface area contributed by atoms with E-state index in [9.17, 15) is 4.79 Å². The molecule has 0 aliphatic carbocycles. The molecular weight excluding hydrogens is 214 g/mol. The van der Waals surface area contributed by atoms with Crippen LogP contribution in [0.5, 0.6) is 0 Å². The number of oxime groups is 1. The van der Waals surface area contributed by atoms with Gasteiger partial charge in [-0.3, -0.25) is 9.36 Å². The monoisotopic (exact) mass is 223 g/mol. The summed E-state index contributed by atoms with van der Waals surface area (Å²) < 4.78 is 2.38. The zero-order valence-electron chi connectivity index (χ0n) is 7.75. The van der Waals surface area contributed by atoms with Crippen molar-refractivity contribution in [1.29, 1.82) is 0 Å². The van der Waals surface area contributed by atoms with Crippen LogP contribution in [-0.4, -0.2) is 15.6 Å². The van der Waals surface area contributed by atoms with Crippen LogP contribution in [0.3, 0.4) is 0 Å². The van der Waals surface area contributed by atoms with Crippen molar-refractivity contribution in [2.75, 3.05) is 0 Å². The topological polar surface area (TPSA) is 80.6 Å². The molecule has 6 heteroatoms. The van der Waals surface area contributed by atoms with E-state index in [2.05, 4.69) is 5.16 Å². The molecule has 0 radical (unpaired) electrons. The molecule has 1 aromatic heterocycles. The molecule has 0 amide bonds. The highest BCUT2D eigenvalue weighted by Gasteiger charge is 2.07. The minimum atomic E-state index is -0.109. The van der Waals surface area contributed by atoms with E-state index in [1.165, 1.54) is 4.57 Å². The van der Waals surface area contributed by atoms with E-state index in [1.54, 1.807) is 0 Å². The Hall–Kier alpha value is -1.82. The molecule has 0 atom stereocenters. The SMILES string of the molecule is N/C(Cn1c(=O)sc2ccccc21)=N\O. The molecule has 78 valence electrons. The van der Waals surface area contributed by atoms with E-state index in [0.717, 1.165) is 21.6 Å². The zero-order valence-corrected chi connectivity index (χ0v) is 8.57. The third-order valence-corrected chi connectivity index (χ3v) is 2.98. The molecule has 0 spiro atoms. The molecule has 2 rings (SSSR count). The summed E-state index contributed by atoms with van der Waals surface area (Å²) in [4.78, 5) is 11.5. The lowest BCUT2D eigenvalue weighted by Crippen LogP contribution is -2.24. The standard InChI is InChI=1S/C9H9N3O2S/c10-8(11-14)5-12-6-3-1-2-4-7(6)15-9(12)13/h1-4,14H,5H2,(H2,10,11). The van der Waals surface area contributed by atoms with Crippen LogP contribution in [-0.2, 0) is 6.54 Å². The van der Waals surface area contributed by atoms with Gasteiger partial charge in [0.25, 0.3) is 0 Å². The highest BCUT2D eigenvalue weighted by molar-refractivity contribution is 7.16. The molecule has 0 bridgehead atoms. The van der Waals surface area contributed by atoms with Crippen LogP contribution in [0, 0.1) is 0 Å². The van der Waals surface area contributed by atoms with E-state index in [4.69, 9.17) is 10.9 Å². The number of thiazole rings is 1. The second-order valence-corrected chi connectivity index (χ2v) is 4.01. The Kier molecular flexibility index (Phi) is 2.42. The Morgan fingerprint density at radius 2 is 2.27 bits per heavy atom. The van der Waals surface area contributed by atoms with Gasteiger partial charge in [-0.2, -0.15) is 0 Å². The zero-order chi connectivity index (χ0) is 10.8. The maximum Gasteiger partial charge on any atom is 0.308 e. The van der Waals surface area contributed by atoms with E-state index in [-0.39, 0.29) is 17.3 Å². The molecule has 0 saturated carbocycles. The van der Waals surface area contributed by atoms with Crippen LogP contribution in [0.1, 0.15) is 0 Å². The average molecular weight is 223 g/mol. The molecule has 2 aromatic rings. The molecule has 0 saturated heterocycles. The molecule has 0 aliphatic heterocycles. The first-order valence-corrected chi connectivity index (χ1v) is 5.09. The van der Waals surface area contributed by atoms with Crippen molar-refractivity contribution in [1.82, 2.24) is 4.57 Å². The lowest BCUT2D eigenvalue weighted by molar-refractivity contribution is 0.316. The molecule has 1 aromatic carbocycles. The molecule has 0 unspecified atom stereocenters. The number of hydrogen-bond donors (Lipinski definition) is 2. The van der Waals surface area contributed by atoms with Crippen LogP contribution in [0.15, 0.2) is 34.2 Å². The maximum atomic E-state index is 11.6. The van der Waals surface area contributed by atoms with Gasteiger partial charge < -0.3 is 10.9 Å². The molecule has 0 fully saturated rings. The lowest BCUT2D eigenvalue weighted by Gasteiger charge is -2.00. The fourth-order valence-corrected chi connectivity index (χ4v) is 2.25. The van der Waals surface area contributed by atoms with Gasteiger partial charge >= 0.3 is 4.87 Å². The maximum absolute atomic E-state index is 11.6. The van der Waals surface area contributed by atoms with Crippen molar-refractivity contribution in [2.24, 2.45) is 10.9 Å². The summed E-state index contributed by atoms with van der Waals surface area (Å²) in [7, 11) is 0. The third kappa shape index (κ3) is 1.71. The molecular formula is C9H9N3O2S. The Labute approximate surface area is 89.1 Å². The van der Waals surface area contributed by atoms with Gasteiger partial charge in [0.15, 0.2) is 5.84 Å². The summed E-state index contributed by atoms with van der Waals surface area (Å²) in [6.07, 6.45) is 0. The largest absolute Gasteiger partial charge is 0.409 e. The van der Waals surface area contributed by atoms with E-state index >= 15 is 0 Å². The van der Waals surface area contributed by atoms with Gasteiger partial charge in [-0.05, 0) is 12.1 Å². The van der Waals surface area contributed by atoms with Crippen molar-refractivity contribution in [3.05, 3.63) is 33.9 Å². The summed E-state index contributed by atoms with van der Waals surface area (Å²) >= 11 is 1.15. The smallest absolute Gasteiger partial charge is 0.308 e. The number of amidine groups is 1. The number of benzene rings is 1. The Morgan fingerprint density at radius 1 is 1.53 bits per heavy atom. The normalized spacial score (nSPS) is 12.1. The molecule has 0 aliphatic rings. The first-order chi connectivity index (χ1) is 7.22. The minimum Gasteiger partial charge on any atom is -0.409 e. The van der Waals surface area contributed by atoms with Gasteiger partial charge in [0.2, 0.25) is 0 Å². The second-order valence-electron chi connectivity index (χ2n) is 3.01. The highest BCUT2D eigenvalue weighted by atomic mass is 32.1. The summed E-state index contributed by atoms with van der Waals surface area (Å²) in [6, 6.07) is 7.41. The van der Waals surface area contributed by atoms with Gasteiger partial charge in [0.05, 0.1) is 16.8 Å². The number of fused-ring (bicyclic) bond motifs is 1. The Bertz CT molecular complexity index is 570. The molecule has 3 N–H and O–H groups in total. The summed E-state index contributed by atoms with van der Waals surface area (Å²) in [6.45, 7) is 0.110. The van der Waals surface area contributed by atoms with Crippen LogP contribution < -0.4 is 10.6 Å². The fraction of sp³-hybridized carbons (Fsp3) is 0.111.